The molecule has 0 aliphatic heterocycles. The smallest absolute Gasteiger partial charge is 0.224 e. The lowest BCUT2D eigenvalue weighted by atomic mass is 9.69. The van der Waals surface area contributed by atoms with E-state index in [0.717, 1.165) is 24.0 Å². The fraction of sp³-hybridized carbons (Fsp3) is 0.222. The minimum atomic E-state index is -0.432. The number of rotatable bonds is 4. The van der Waals surface area contributed by atoms with Crippen LogP contribution in [0.25, 0.3) is 0 Å². The van der Waals surface area contributed by atoms with Crippen LogP contribution in [0.5, 0.6) is 11.6 Å². The number of aromatic nitrogens is 4. The normalized spacial score (nSPS) is 19.0. The second-order valence-electron chi connectivity index (χ2n) is 6.28. The van der Waals surface area contributed by atoms with Gasteiger partial charge in [0.05, 0.1) is 0 Å². The maximum Gasteiger partial charge on any atom is 0.224 e. The molecule has 1 saturated carbocycles. The molecule has 1 aliphatic rings. The molecule has 2 heterocycles. The van der Waals surface area contributed by atoms with Gasteiger partial charge in [-0.2, -0.15) is 4.98 Å². The van der Waals surface area contributed by atoms with Crippen LogP contribution in [0.2, 0.25) is 0 Å². The van der Waals surface area contributed by atoms with Crippen molar-refractivity contribution >= 4 is 11.9 Å². The maximum absolute atomic E-state index is 14.4. The predicted molar refractivity (Wildman–Crippen MR) is 94.1 cm³/mol. The predicted octanol–water partition coefficient (Wildman–Crippen LogP) is 3.02. The molecular formula is C18H17FN6O. The summed E-state index contributed by atoms with van der Waals surface area (Å²) >= 11 is 0. The third-order valence-electron chi connectivity index (χ3n) is 4.59. The molecule has 7 nitrogen and oxygen atoms in total. The van der Waals surface area contributed by atoms with E-state index in [0.29, 0.717) is 11.8 Å². The van der Waals surface area contributed by atoms with Crippen LogP contribution < -0.4 is 16.2 Å². The Hall–Kier alpha value is -3.29. The van der Waals surface area contributed by atoms with Gasteiger partial charge in [-0.15, -0.1) is 0 Å². The Balaban J connectivity index is 1.43. The highest BCUT2D eigenvalue weighted by Gasteiger charge is 2.32. The lowest BCUT2D eigenvalue weighted by Crippen LogP contribution is -2.20. The summed E-state index contributed by atoms with van der Waals surface area (Å²) in [5.74, 6) is 0.906. The van der Waals surface area contributed by atoms with E-state index in [2.05, 4.69) is 19.9 Å². The number of benzene rings is 1. The van der Waals surface area contributed by atoms with Gasteiger partial charge in [-0.05, 0) is 47.9 Å². The number of hydrogen-bond acceptors (Lipinski definition) is 7. The standard InChI is InChI=1S/C18H17FN6O/c19-14-7-10(1-2-15(14)26-16-3-4-22-18(21)25-16)11-5-12(6-11)13-8-23-17(20)24-9-13/h1-4,7-9,11-12H,5-6H2,(H2,20,23,24)(H2,21,22,25). The molecule has 0 unspecified atom stereocenters. The molecule has 132 valence electrons. The van der Waals surface area contributed by atoms with Crippen molar-refractivity contribution in [1.29, 1.82) is 0 Å². The van der Waals surface area contributed by atoms with E-state index < -0.39 is 5.82 Å². The average molecular weight is 352 g/mol. The molecule has 8 heteroatoms. The first kappa shape index (κ1) is 16.2. The van der Waals surface area contributed by atoms with Crippen LogP contribution in [-0.2, 0) is 0 Å². The summed E-state index contributed by atoms with van der Waals surface area (Å²) in [5.41, 5.74) is 13.0. The summed E-state index contributed by atoms with van der Waals surface area (Å²) in [7, 11) is 0. The van der Waals surface area contributed by atoms with E-state index in [-0.39, 0.29) is 23.5 Å². The quantitative estimate of drug-likeness (QED) is 0.742. The Labute approximate surface area is 149 Å². The Morgan fingerprint density at radius 2 is 1.65 bits per heavy atom. The number of ether oxygens (including phenoxy) is 1. The van der Waals surface area contributed by atoms with Crippen LogP contribution in [0.1, 0.15) is 35.8 Å². The van der Waals surface area contributed by atoms with Crippen LogP contribution >= 0.6 is 0 Å². The summed E-state index contributed by atoms with van der Waals surface area (Å²) in [6.07, 6.45) is 6.83. The summed E-state index contributed by atoms with van der Waals surface area (Å²) in [4.78, 5) is 15.7. The molecule has 0 atom stereocenters. The van der Waals surface area contributed by atoms with E-state index >= 15 is 0 Å². The van der Waals surface area contributed by atoms with E-state index in [1.165, 1.54) is 18.3 Å². The van der Waals surface area contributed by atoms with Crippen LogP contribution in [0.3, 0.4) is 0 Å². The fourth-order valence-corrected chi connectivity index (χ4v) is 3.10. The van der Waals surface area contributed by atoms with Gasteiger partial charge < -0.3 is 16.2 Å². The molecule has 2 aromatic heterocycles. The van der Waals surface area contributed by atoms with Gasteiger partial charge in [0.15, 0.2) is 11.6 Å². The van der Waals surface area contributed by atoms with Crippen molar-refractivity contribution in [1.82, 2.24) is 19.9 Å². The molecule has 26 heavy (non-hydrogen) atoms. The van der Waals surface area contributed by atoms with Crippen molar-refractivity contribution in [2.45, 2.75) is 24.7 Å². The van der Waals surface area contributed by atoms with Gasteiger partial charge in [0.1, 0.15) is 0 Å². The zero-order valence-electron chi connectivity index (χ0n) is 13.8. The third-order valence-corrected chi connectivity index (χ3v) is 4.59. The van der Waals surface area contributed by atoms with Gasteiger partial charge in [0.2, 0.25) is 17.8 Å². The summed E-state index contributed by atoms with van der Waals surface area (Å²) in [5, 5.41) is 0. The summed E-state index contributed by atoms with van der Waals surface area (Å²) in [6, 6.07) is 6.53. The highest BCUT2D eigenvalue weighted by Crippen LogP contribution is 2.47. The number of halogens is 1. The number of nitrogens with two attached hydrogens (primary N) is 2. The third kappa shape index (κ3) is 3.26. The molecule has 3 aromatic rings. The van der Waals surface area contributed by atoms with E-state index in [4.69, 9.17) is 16.2 Å². The highest BCUT2D eigenvalue weighted by atomic mass is 19.1. The number of nitrogens with zero attached hydrogens (tertiary/aromatic N) is 4. The Morgan fingerprint density at radius 1 is 0.923 bits per heavy atom. The number of hydrogen-bond donors (Lipinski definition) is 2. The van der Waals surface area contributed by atoms with Crippen LogP contribution in [0.4, 0.5) is 16.3 Å². The SMILES string of the molecule is Nc1ncc(C2CC(c3ccc(Oc4ccnc(N)n4)c(F)c3)C2)cn1. The molecule has 1 aliphatic carbocycles. The zero-order chi connectivity index (χ0) is 18.1. The fourth-order valence-electron chi connectivity index (χ4n) is 3.10. The molecule has 0 amide bonds. The lowest BCUT2D eigenvalue weighted by molar-refractivity contribution is 0.348. The van der Waals surface area contributed by atoms with E-state index in [9.17, 15) is 4.39 Å². The number of nitrogen functional groups attached to an aromatic ring is 2. The molecule has 1 aromatic carbocycles. The topological polar surface area (TPSA) is 113 Å². The van der Waals surface area contributed by atoms with Gasteiger partial charge in [-0.3, -0.25) is 0 Å². The van der Waals surface area contributed by atoms with Crippen molar-refractivity contribution in [3.63, 3.8) is 0 Å². The summed E-state index contributed by atoms with van der Waals surface area (Å²) < 4.78 is 19.8. The first-order valence-electron chi connectivity index (χ1n) is 8.21. The first-order valence-corrected chi connectivity index (χ1v) is 8.21. The highest BCUT2D eigenvalue weighted by molar-refractivity contribution is 5.36. The van der Waals surface area contributed by atoms with E-state index in [1.54, 1.807) is 18.5 Å². The van der Waals surface area contributed by atoms with Gasteiger partial charge >= 0.3 is 0 Å². The van der Waals surface area contributed by atoms with Gasteiger partial charge in [0.25, 0.3) is 0 Å². The monoisotopic (exact) mass is 352 g/mol. The van der Waals surface area contributed by atoms with Gasteiger partial charge in [-0.25, -0.2) is 19.3 Å². The second-order valence-corrected chi connectivity index (χ2v) is 6.28. The van der Waals surface area contributed by atoms with Crippen molar-refractivity contribution in [3.8, 4) is 11.6 Å². The Morgan fingerprint density at radius 3 is 2.35 bits per heavy atom. The van der Waals surface area contributed by atoms with Crippen molar-refractivity contribution < 1.29 is 9.13 Å². The van der Waals surface area contributed by atoms with Crippen LogP contribution in [-0.4, -0.2) is 19.9 Å². The number of anilines is 2. The lowest BCUT2D eigenvalue weighted by Gasteiger charge is -2.35. The summed E-state index contributed by atoms with van der Waals surface area (Å²) in [6.45, 7) is 0. The van der Waals surface area contributed by atoms with Crippen LogP contribution in [0.15, 0.2) is 42.9 Å². The second kappa shape index (κ2) is 6.55. The molecule has 0 spiro atoms. The van der Waals surface area contributed by atoms with Crippen LogP contribution in [0, 0.1) is 5.82 Å². The van der Waals surface area contributed by atoms with Gasteiger partial charge in [0, 0.05) is 24.7 Å². The maximum atomic E-state index is 14.4. The molecule has 0 saturated heterocycles. The zero-order valence-corrected chi connectivity index (χ0v) is 13.8. The largest absolute Gasteiger partial charge is 0.436 e. The molecule has 0 bridgehead atoms. The minimum Gasteiger partial charge on any atom is -0.436 e. The van der Waals surface area contributed by atoms with E-state index in [1.807, 2.05) is 6.07 Å². The Bertz CT molecular complexity index is 927. The molecule has 1 fully saturated rings. The molecule has 4 N–H and O–H groups in total. The molecule has 0 radical (unpaired) electrons. The molecular weight excluding hydrogens is 335 g/mol. The average Bonchev–Trinajstić information content (AvgIpc) is 2.58. The molecule has 4 rings (SSSR count). The van der Waals surface area contributed by atoms with Crippen molar-refractivity contribution in [2.24, 2.45) is 0 Å². The Kier molecular flexibility index (Phi) is 4.08. The minimum absolute atomic E-state index is 0.0756. The van der Waals surface area contributed by atoms with Gasteiger partial charge in [-0.1, -0.05) is 6.07 Å². The van der Waals surface area contributed by atoms with Crippen molar-refractivity contribution in [2.75, 3.05) is 11.5 Å². The van der Waals surface area contributed by atoms with Crippen molar-refractivity contribution in [3.05, 3.63) is 59.8 Å². The first-order chi connectivity index (χ1) is 12.6.